The highest BCUT2D eigenvalue weighted by molar-refractivity contribution is 5.98. The fourth-order valence-corrected chi connectivity index (χ4v) is 3.15. The van der Waals surface area contributed by atoms with Gasteiger partial charge in [-0.15, -0.1) is 0 Å². The Labute approximate surface area is 124 Å². The first kappa shape index (κ1) is 14.1. The number of benzene rings is 1. The highest BCUT2D eigenvalue weighted by atomic mass is 16.2. The molecule has 112 valence electrons. The van der Waals surface area contributed by atoms with Crippen LogP contribution in [0.5, 0.6) is 0 Å². The van der Waals surface area contributed by atoms with Gasteiger partial charge in [0.2, 0.25) is 11.8 Å². The van der Waals surface area contributed by atoms with Crippen LogP contribution in [0.15, 0.2) is 30.3 Å². The molecule has 2 aliphatic rings. The van der Waals surface area contributed by atoms with E-state index in [1.807, 2.05) is 30.3 Å². The van der Waals surface area contributed by atoms with Gasteiger partial charge in [-0.05, 0) is 44.4 Å². The molecule has 5 heteroatoms. The van der Waals surface area contributed by atoms with Crippen molar-refractivity contribution in [3.63, 3.8) is 0 Å². The van der Waals surface area contributed by atoms with E-state index in [0.717, 1.165) is 37.9 Å². The monoisotopic (exact) mass is 287 g/mol. The van der Waals surface area contributed by atoms with Crippen molar-refractivity contribution in [2.45, 2.75) is 37.8 Å². The van der Waals surface area contributed by atoms with Crippen LogP contribution in [0.4, 0.5) is 5.69 Å². The SMILES string of the molecule is O=C(Nc1ccccc1)C1CCCN1C(=O)[C@@H]1CCCN1. The minimum absolute atomic E-state index is 0.0787. The third-order valence-electron chi connectivity index (χ3n) is 4.24. The van der Waals surface area contributed by atoms with E-state index in [9.17, 15) is 9.59 Å². The Kier molecular flexibility index (Phi) is 4.20. The van der Waals surface area contributed by atoms with Crippen molar-refractivity contribution in [1.29, 1.82) is 0 Å². The molecule has 2 saturated heterocycles. The lowest BCUT2D eigenvalue weighted by Crippen LogP contribution is -2.49. The molecule has 2 amide bonds. The zero-order chi connectivity index (χ0) is 14.7. The maximum absolute atomic E-state index is 12.5. The molecule has 0 aliphatic carbocycles. The highest BCUT2D eigenvalue weighted by Gasteiger charge is 2.37. The Morgan fingerprint density at radius 1 is 1.14 bits per heavy atom. The molecule has 1 unspecified atom stereocenters. The maximum atomic E-state index is 12.5. The number of carbonyl (C=O) groups is 2. The number of carbonyl (C=O) groups excluding carboxylic acids is 2. The molecular formula is C16H21N3O2. The summed E-state index contributed by atoms with van der Waals surface area (Å²) in [4.78, 5) is 26.7. The van der Waals surface area contributed by atoms with Crippen molar-refractivity contribution in [3.8, 4) is 0 Å². The molecule has 2 fully saturated rings. The first-order valence-corrected chi connectivity index (χ1v) is 7.65. The molecule has 5 nitrogen and oxygen atoms in total. The Hall–Kier alpha value is -1.88. The van der Waals surface area contributed by atoms with Crippen LogP contribution >= 0.6 is 0 Å². The molecule has 1 aromatic carbocycles. The third-order valence-corrected chi connectivity index (χ3v) is 4.24. The number of nitrogens with one attached hydrogen (secondary N) is 2. The molecule has 2 heterocycles. The van der Waals surface area contributed by atoms with E-state index in [1.54, 1.807) is 4.90 Å². The molecule has 1 aromatic rings. The van der Waals surface area contributed by atoms with Gasteiger partial charge < -0.3 is 15.5 Å². The van der Waals surface area contributed by atoms with E-state index >= 15 is 0 Å². The molecule has 0 radical (unpaired) electrons. The second-order valence-corrected chi connectivity index (χ2v) is 5.69. The molecule has 21 heavy (non-hydrogen) atoms. The predicted octanol–water partition coefficient (Wildman–Crippen LogP) is 1.37. The summed E-state index contributed by atoms with van der Waals surface area (Å²) in [6.45, 7) is 1.58. The quantitative estimate of drug-likeness (QED) is 0.882. The largest absolute Gasteiger partial charge is 0.329 e. The molecule has 0 bridgehead atoms. The number of para-hydroxylation sites is 1. The van der Waals surface area contributed by atoms with Crippen LogP contribution in [0.3, 0.4) is 0 Å². The van der Waals surface area contributed by atoms with Gasteiger partial charge in [0.05, 0.1) is 6.04 Å². The summed E-state index contributed by atoms with van der Waals surface area (Å²) >= 11 is 0. The van der Waals surface area contributed by atoms with E-state index in [4.69, 9.17) is 0 Å². The summed E-state index contributed by atoms with van der Waals surface area (Å²) in [6, 6.07) is 8.96. The van der Waals surface area contributed by atoms with Gasteiger partial charge in [-0.1, -0.05) is 18.2 Å². The molecular weight excluding hydrogens is 266 g/mol. The number of nitrogens with zero attached hydrogens (tertiary/aromatic N) is 1. The number of amides is 2. The summed E-state index contributed by atoms with van der Waals surface area (Å²) in [7, 11) is 0. The van der Waals surface area contributed by atoms with Gasteiger partial charge in [-0.25, -0.2) is 0 Å². The molecule has 0 spiro atoms. The molecule has 0 aromatic heterocycles. The Bertz CT molecular complexity index is 512. The number of likely N-dealkylation sites (tertiary alicyclic amines) is 1. The normalized spacial score (nSPS) is 25.0. The summed E-state index contributed by atoms with van der Waals surface area (Å²) in [5.41, 5.74) is 0.779. The van der Waals surface area contributed by atoms with Gasteiger partial charge in [0.15, 0.2) is 0 Å². The lowest BCUT2D eigenvalue weighted by atomic mass is 10.1. The molecule has 2 atom stereocenters. The van der Waals surface area contributed by atoms with Crippen molar-refractivity contribution in [2.24, 2.45) is 0 Å². The molecule has 0 saturated carbocycles. The Balaban J connectivity index is 1.65. The first-order valence-electron chi connectivity index (χ1n) is 7.65. The van der Waals surface area contributed by atoms with Crippen LogP contribution < -0.4 is 10.6 Å². The van der Waals surface area contributed by atoms with E-state index < -0.39 is 0 Å². The average molecular weight is 287 g/mol. The topological polar surface area (TPSA) is 61.4 Å². The third kappa shape index (κ3) is 3.08. The minimum atomic E-state index is -0.333. The summed E-state index contributed by atoms with van der Waals surface area (Å²) in [6.07, 6.45) is 3.55. The number of hydrogen-bond donors (Lipinski definition) is 2. The van der Waals surface area contributed by atoms with Gasteiger partial charge >= 0.3 is 0 Å². The first-order chi connectivity index (χ1) is 10.3. The predicted molar refractivity (Wildman–Crippen MR) is 80.8 cm³/mol. The Morgan fingerprint density at radius 2 is 1.95 bits per heavy atom. The van der Waals surface area contributed by atoms with Crippen LogP contribution in [-0.2, 0) is 9.59 Å². The van der Waals surface area contributed by atoms with Crippen LogP contribution in [0, 0.1) is 0 Å². The van der Waals surface area contributed by atoms with Crippen LogP contribution in [-0.4, -0.2) is 41.9 Å². The highest BCUT2D eigenvalue weighted by Crippen LogP contribution is 2.22. The van der Waals surface area contributed by atoms with Crippen LogP contribution in [0.1, 0.15) is 25.7 Å². The second kappa shape index (κ2) is 6.26. The second-order valence-electron chi connectivity index (χ2n) is 5.69. The fourth-order valence-electron chi connectivity index (χ4n) is 3.15. The summed E-state index contributed by atoms with van der Waals surface area (Å²) < 4.78 is 0. The maximum Gasteiger partial charge on any atom is 0.247 e. The fraction of sp³-hybridized carbons (Fsp3) is 0.500. The standard InChI is InChI=1S/C16H21N3O2/c20-15(18-12-6-2-1-3-7-12)14-9-5-11-19(14)16(21)13-8-4-10-17-13/h1-3,6-7,13-14,17H,4-5,8-11H2,(H,18,20)/t13-,14?/m0/s1. The Morgan fingerprint density at radius 3 is 2.67 bits per heavy atom. The van der Waals surface area contributed by atoms with Crippen molar-refractivity contribution in [2.75, 3.05) is 18.4 Å². The van der Waals surface area contributed by atoms with Gasteiger partial charge in [-0.3, -0.25) is 9.59 Å². The smallest absolute Gasteiger partial charge is 0.247 e. The van der Waals surface area contributed by atoms with E-state index in [-0.39, 0.29) is 23.9 Å². The lowest BCUT2D eigenvalue weighted by Gasteiger charge is -2.26. The lowest BCUT2D eigenvalue weighted by molar-refractivity contribution is -0.138. The minimum Gasteiger partial charge on any atom is -0.329 e. The van der Waals surface area contributed by atoms with Gasteiger partial charge in [-0.2, -0.15) is 0 Å². The van der Waals surface area contributed by atoms with Crippen LogP contribution in [0.2, 0.25) is 0 Å². The van der Waals surface area contributed by atoms with Gasteiger partial charge in [0, 0.05) is 12.2 Å². The van der Waals surface area contributed by atoms with Gasteiger partial charge in [0.1, 0.15) is 6.04 Å². The summed E-state index contributed by atoms with van der Waals surface area (Å²) in [5.74, 6) is 0.00302. The van der Waals surface area contributed by atoms with Crippen molar-refractivity contribution >= 4 is 17.5 Å². The van der Waals surface area contributed by atoms with E-state index in [0.29, 0.717) is 6.54 Å². The molecule has 2 N–H and O–H groups in total. The van der Waals surface area contributed by atoms with Gasteiger partial charge in [0.25, 0.3) is 0 Å². The van der Waals surface area contributed by atoms with Crippen molar-refractivity contribution in [1.82, 2.24) is 10.2 Å². The number of anilines is 1. The van der Waals surface area contributed by atoms with E-state index in [2.05, 4.69) is 10.6 Å². The van der Waals surface area contributed by atoms with Crippen molar-refractivity contribution < 1.29 is 9.59 Å². The zero-order valence-electron chi connectivity index (χ0n) is 12.0. The molecule has 3 rings (SSSR count). The van der Waals surface area contributed by atoms with Crippen molar-refractivity contribution in [3.05, 3.63) is 30.3 Å². The number of hydrogen-bond acceptors (Lipinski definition) is 3. The summed E-state index contributed by atoms with van der Waals surface area (Å²) in [5, 5.41) is 6.13. The van der Waals surface area contributed by atoms with E-state index in [1.165, 1.54) is 0 Å². The zero-order valence-corrected chi connectivity index (χ0v) is 12.0. The van der Waals surface area contributed by atoms with Crippen LogP contribution in [0.25, 0.3) is 0 Å². The number of rotatable bonds is 3. The molecule has 2 aliphatic heterocycles. The average Bonchev–Trinajstić information content (AvgIpc) is 3.19.